The number of hydrogen-bond acceptors (Lipinski definition) is 5. The van der Waals surface area contributed by atoms with E-state index >= 15 is 0 Å². The van der Waals surface area contributed by atoms with Crippen molar-refractivity contribution in [1.29, 1.82) is 0 Å². The molecule has 0 saturated heterocycles. The summed E-state index contributed by atoms with van der Waals surface area (Å²) in [5, 5.41) is 4.00. The van der Waals surface area contributed by atoms with Crippen molar-refractivity contribution in [2.24, 2.45) is 22.9 Å². The average molecular weight is 372 g/mol. The van der Waals surface area contributed by atoms with Gasteiger partial charge < -0.3 is 9.57 Å². The zero-order valence-corrected chi connectivity index (χ0v) is 14.4. The molecule has 5 nitrogen and oxygen atoms in total. The molecule has 4 fully saturated rings. The van der Waals surface area contributed by atoms with Gasteiger partial charge in [0.15, 0.2) is 0 Å². The van der Waals surface area contributed by atoms with Crippen molar-refractivity contribution >= 4 is 33.4 Å². The second-order valence-electron chi connectivity index (χ2n) is 6.91. The molecule has 4 aliphatic carbocycles. The summed E-state index contributed by atoms with van der Waals surface area (Å²) in [6, 6.07) is 0. The van der Waals surface area contributed by atoms with Crippen LogP contribution in [0.15, 0.2) is 5.16 Å². The third-order valence-corrected chi connectivity index (χ3v) is 5.68. The lowest BCUT2D eigenvalue weighted by Crippen LogP contribution is -2.51. The number of nitrogens with zero attached hydrogens (tertiary/aromatic N) is 1. The first-order valence-corrected chi connectivity index (χ1v) is 9.20. The minimum absolute atomic E-state index is 0.0366. The van der Waals surface area contributed by atoms with Crippen molar-refractivity contribution in [3.63, 3.8) is 0 Å². The van der Waals surface area contributed by atoms with Crippen LogP contribution in [0, 0.1) is 17.8 Å². The Morgan fingerprint density at radius 3 is 2.14 bits per heavy atom. The molecule has 0 aliphatic heterocycles. The van der Waals surface area contributed by atoms with Gasteiger partial charge in [-0.3, -0.25) is 4.79 Å². The number of rotatable bonds is 6. The van der Waals surface area contributed by atoms with Crippen molar-refractivity contribution in [1.82, 2.24) is 0 Å². The number of halogens is 1. The fourth-order valence-electron chi connectivity index (χ4n) is 4.75. The molecule has 0 radical (unpaired) electrons. The van der Waals surface area contributed by atoms with E-state index in [0.29, 0.717) is 0 Å². The van der Waals surface area contributed by atoms with E-state index in [4.69, 9.17) is 9.57 Å². The second-order valence-corrected chi connectivity index (χ2v) is 7.47. The van der Waals surface area contributed by atoms with E-state index < -0.39 is 11.8 Å². The maximum absolute atomic E-state index is 11.9. The number of ether oxygens (including phenoxy) is 1. The van der Waals surface area contributed by atoms with Gasteiger partial charge in [0.05, 0.1) is 11.9 Å². The molecule has 0 amide bonds. The van der Waals surface area contributed by atoms with Gasteiger partial charge in [-0.05, 0) is 63.2 Å². The van der Waals surface area contributed by atoms with Crippen molar-refractivity contribution in [2.75, 3.05) is 11.9 Å². The molecule has 0 N–H and O–H groups in total. The lowest BCUT2D eigenvalue weighted by molar-refractivity contribution is -0.163. The third kappa shape index (κ3) is 3.07. The van der Waals surface area contributed by atoms with Gasteiger partial charge in [0, 0.05) is 0 Å². The zero-order valence-electron chi connectivity index (χ0n) is 12.8. The van der Waals surface area contributed by atoms with Gasteiger partial charge in [-0.15, -0.1) is 0 Å². The fraction of sp³-hybridized carbons (Fsp3) is 0.812. The van der Waals surface area contributed by atoms with Crippen LogP contribution in [0.1, 0.15) is 45.4 Å². The third-order valence-electron chi connectivity index (χ3n) is 5.17. The number of oxime groups is 1. The summed E-state index contributed by atoms with van der Waals surface area (Å²) in [6.45, 7) is 1.92. The molecule has 4 aliphatic rings. The molecule has 0 unspecified atom stereocenters. The molecule has 0 spiro atoms. The first-order chi connectivity index (χ1) is 10.5. The molecule has 0 atom stereocenters. The summed E-state index contributed by atoms with van der Waals surface area (Å²) >= 11 is 3.07. The molecule has 22 heavy (non-hydrogen) atoms. The summed E-state index contributed by atoms with van der Waals surface area (Å²) in [5.41, 5.74) is -0.492. The predicted octanol–water partition coefficient (Wildman–Crippen LogP) is 2.85. The fourth-order valence-corrected chi connectivity index (χ4v) is 5.02. The number of Topliss-reactive ketones (excluding diaryl/α,β-unsaturated/α-hetero) is 1. The van der Waals surface area contributed by atoms with Gasteiger partial charge in [-0.1, -0.05) is 21.1 Å². The number of alkyl halides is 1. The van der Waals surface area contributed by atoms with E-state index in [1.165, 1.54) is 19.3 Å². The summed E-state index contributed by atoms with van der Waals surface area (Å²) in [6.07, 6.45) is 6.91. The second kappa shape index (κ2) is 6.30. The minimum atomic E-state index is -0.698. The lowest BCUT2D eigenvalue weighted by Gasteiger charge is -2.54. The van der Waals surface area contributed by atoms with Crippen LogP contribution in [0.25, 0.3) is 0 Å². The number of ketones is 1. The van der Waals surface area contributed by atoms with Gasteiger partial charge in [0.25, 0.3) is 0 Å². The van der Waals surface area contributed by atoms with Gasteiger partial charge in [0.1, 0.15) is 5.60 Å². The molecular weight excluding hydrogens is 350 g/mol. The van der Waals surface area contributed by atoms with E-state index in [-0.39, 0.29) is 23.2 Å². The minimum Gasteiger partial charge on any atom is -0.461 e. The topological polar surface area (TPSA) is 65.0 Å². The van der Waals surface area contributed by atoms with Crippen molar-refractivity contribution in [3.05, 3.63) is 0 Å². The molecule has 6 heteroatoms. The summed E-state index contributed by atoms with van der Waals surface area (Å²) < 4.78 is 4.91. The Balaban J connectivity index is 1.75. The lowest BCUT2D eigenvalue weighted by atomic mass is 9.54. The van der Waals surface area contributed by atoms with Crippen LogP contribution in [-0.4, -0.2) is 35.0 Å². The van der Waals surface area contributed by atoms with Crippen LogP contribution < -0.4 is 0 Å². The Bertz CT molecular complexity index is 467. The smallest absolute Gasteiger partial charge is 0.364 e. The Morgan fingerprint density at radius 2 is 1.68 bits per heavy atom. The highest BCUT2D eigenvalue weighted by Gasteiger charge is 2.53. The van der Waals surface area contributed by atoms with Crippen molar-refractivity contribution in [2.45, 2.75) is 51.0 Å². The first-order valence-electron chi connectivity index (χ1n) is 8.07. The van der Waals surface area contributed by atoms with E-state index in [0.717, 1.165) is 37.0 Å². The van der Waals surface area contributed by atoms with E-state index in [9.17, 15) is 9.59 Å². The molecule has 4 rings (SSSR count). The molecule has 0 aromatic rings. The molecule has 4 saturated carbocycles. The van der Waals surface area contributed by atoms with Crippen LogP contribution in [-0.2, 0) is 19.2 Å². The summed E-state index contributed by atoms with van der Waals surface area (Å²) in [7, 11) is 0. The van der Waals surface area contributed by atoms with Crippen molar-refractivity contribution in [3.8, 4) is 0 Å². The molecular formula is C16H22BrNO4. The number of esters is 1. The summed E-state index contributed by atoms with van der Waals surface area (Å²) in [5.74, 6) is 1.07. The Morgan fingerprint density at radius 1 is 1.14 bits per heavy atom. The molecule has 0 aromatic carbocycles. The van der Waals surface area contributed by atoms with Crippen LogP contribution in [0.4, 0.5) is 0 Å². The zero-order chi connectivity index (χ0) is 15.7. The molecule has 0 heterocycles. The van der Waals surface area contributed by atoms with Crippen LogP contribution >= 0.6 is 15.9 Å². The maximum Gasteiger partial charge on any atom is 0.364 e. The monoisotopic (exact) mass is 371 g/mol. The van der Waals surface area contributed by atoms with Gasteiger partial charge in [-0.2, -0.15) is 0 Å². The van der Waals surface area contributed by atoms with Crippen LogP contribution in [0.5, 0.6) is 0 Å². The standard InChI is InChI=1S/C16H22BrNO4/c1-2-21-15(20)14(13(19)9-17)18-22-16-6-10-3-11(7-16)5-12(4-10)8-16/h10-12H,2-9H2,1H3. The quantitative estimate of drug-likeness (QED) is 0.236. The molecule has 4 bridgehead atoms. The molecule has 122 valence electrons. The van der Waals surface area contributed by atoms with Gasteiger partial charge in [-0.25, -0.2) is 4.79 Å². The maximum atomic E-state index is 11.9. The van der Waals surface area contributed by atoms with Crippen LogP contribution in [0.3, 0.4) is 0 Å². The first kappa shape index (κ1) is 16.0. The van der Waals surface area contributed by atoms with E-state index in [1.54, 1.807) is 6.92 Å². The van der Waals surface area contributed by atoms with E-state index in [1.807, 2.05) is 0 Å². The Labute approximate surface area is 138 Å². The SMILES string of the molecule is CCOC(=O)C(=NOC12CC3CC(CC(C3)C1)C2)C(=O)CBr. The van der Waals surface area contributed by atoms with E-state index in [2.05, 4.69) is 21.1 Å². The highest BCUT2D eigenvalue weighted by Crippen LogP contribution is 2.57. The predicted molar refractivity (Wildman–Crippen MR) is 84.9 cm³/mol. The number of carbonyl (C=O) groups is 2. The normalized spacial score (nSPS) is 36.3. The Hall–Kier alpha value is -0.910. The molecule has 0 aromatic heterocycles. The number of carbonyl (C=O) groups excluding carboxylic acids is 2. The summed E-state index contributed by atoms with van der Waals surface area (Å²) in [4.78, 5) is 29.6. The van der Waals surface area contributed by atoms with Gasteiger partial charge >= 0.3 is 5.97 Å². The average Bonchev–Trinajstić information content (AvgIpc) is 2.45. The largest absolute Gasteiger partial charge is 0.461 e. The van der Waals surface area contributed by atoms with Crippen LogP contribution in [0.2, 0.25) is 0 Å². The van der Waals surface area contributed by atoms with Gasteiger partial charge in [0.2, 0.25) is 11.5 Å². The highest BCUT2D eigenvalue weighted by molar-refractivity contribution is 9.09. The Kier molecular flexibility index (Phi) is 4.57. The highest BCUT2D eigenvalue weighted by atomic mass is 79.9. The van der Waals surface area contributed by atoms with Crippen molar-refractivity contribution < 1.29 is 19.2 Å². The number of hydrogen-bond donors (Lipinski definition) is 0.